The van der Waals surface area contributed by atoms with Gasteiger partial charge in [-0.15, -0.1) is 0 Å². The van der Waals surface area contributed by atoms with Gasteiger partial charge in [-0.25, -0.2) is 0 Å². The van der Waals surface area contributed by atoms with E-state index in [2.05, 4.69) is 5.32 Å². The molecule has 0 aromatic heterocycles. The lowest BCUT2D eigenvalue weighted by Crippen LogP contribution is -2.48. The van der Waals surface area contributed by atoms with Gasteiger partial charge in [-0.05, 0) is 12.8 Å². The van der Waals surface area contributed by atoms with E-state index in [9.17, 15) is 4.79 Å². The summed E-state index contributed by atoms with van der Waals surface area (Å²) in [5.74, 6) is -0.0756. The fourth-order valence-electron chi connectivity index (χ4n) is 2.08. The molecule has 1 saturated carbocycles. The Bertz CT molecular complexity index is 336. The van der Waals surface area contributed by atoms with Gasteiger partial charge in [0.15, 0.2) is 0 Å². The SMILES string of the molecule is COC1(CNC(=O)C2(C(N)=S)CC2)CCOC1. The highest BCUT2D eigenvalue weighted by atomic mass is 32.1. The quantitative estimate of drug-likeness (QED) is 0.678. The first-order chi connectivity index (χ1) is 8.05. The van der Waals surface area contributed by atoms with Gasteiger partial charge in [-0.3, -0.25) is 4.79 Å². The number of hydrogen-bond donors (Lipinski definition) is 2. The van der Waals surface area contributed by atoms with Crippen LogP contribution in [0.5, 0.6) is 0 Å². The van der Waals surface area contributed by atoms with Crippen molar-refractivity contribution in [1.82, 2.24) is 5.32 Å². The number of rotatable bonds is 5. The van der Waals surface area contributed by atoms with Crippen molar-refractivity contribution in [2.24, 2.45) is 11.1 Å². The number of amides is 1. The van der Waals surface area contributed by atoms with Gasteiger partial charge in [0.1, 0.15) is 5.60 Å². The molecule has 0 aromatic carbocycles. The molecule has 0 radical (unpaired) electrons. The molecule has 0 bridgehead atoms. The number of nitrogens with two attached hydrogens (primary N) is 1. The Kier molecular flexibility index (Phi) is 3.38. The van der Waals surface area contributed by atoms with E-state index in [1.165, 1.54) is 0 Å². The maximum atomic E-state index is 12.0. The largest absolute Gasteiger partial charge is 0.392 e. The number of thiocarbonyl (C=S) groups is 1. The predicted molar refractivity (Wildman–Crippen MR) is 66.6 cm³/mol. The van der Waals surface area contributed by atoms with E-state index >= 15 is 0 Å². The van der Waals surface area contributed by atoms with Gasteiger partial charge in [0.05, 0.1) is 17.0 Å². The van der Waals surface area contributed by atoms with E-state index in [-0.39, 0.29) is 11.5 Å². The molecule has 5 nitrogen and oxygen atoms in total. The van der Waals surface area contributed by atoms with E-state index in [1.807, 2.05) is 0 Å². The minimum atomic E-state index is -0.594. The predicted octanol–water partition coefficient (Wildman–Crippen LogP) is -0.0256. The van der Waals surface area contributed by atoms with Gasteiger partial charge in [-0.2, -0.15) is 0 Å². The Labute approximate surface area is 106 Å². The van der Waals surface area contributed by atoms with Crippen molar-refractivity contribution in [2.75, 3.05) is 26.9 Å². The zero-order chi connectivity index (χ0) is 12.5. The molecule has 0 aromatic rings. The number of nitrogens with one attached hydrogen (secondary N) is 1. The zero-order valence-corrected chi connectivity index (χ0v) is 10.8. The Hall–Kier alpha value is -0.720. The smallest absolute Gasteiger partial charge is 0.233 e. The first kappa shape index (κ1) is 12.7. The molecule has 1 amide bonds. The third-order valence-corrected chi connectivity index (χ3v) is 4.12. The minimum Gasteiger partial charge on any atom is -0.392 e. The first-order valence-electron chi connectivity index (χ1n) is 5.76. The molecule has 0 spiro atoms. The average molecular weight is 258 g/mol. The normalized spacial score (nSPS) is 29.9. The lowest BCUT2D eigenvalue weighted by Gasteiger charge is -2.27. The lowest BCUT2D eigenvalue weighted by molar-refractivity contribution is -0.125. The van der Waals surface area contributed by atoms with Crippen molar-refractivity contribution in [2.45, 2.75) is 24.9 Å². The molecule has 1 unspecified atom stereocenters. The molecule has 2 aliphatic rings. The van der Waals surface area contributed by atoms with Crippen molar-refractivity contribution >= 4 is 23.1 Å². The van der Waals surface area contributed by atoms with Crippen LogP contribution in [0, 0.1) is 5.41 Å². The Balaban J connectivity index is 1.90. The van der Waals surface area contributed by atoms with Crippen LogP contribution in [0.3, 0.4) is 0 Å². The molecule has 3 N–H and O–H groups in total. The van der Waals surface area contributed by atoms with Crippen molar-refractivity contribution in [3.05, 3.63) is 0 Å². The Morgan fingerprint density at radius 3 is 2.65 bits per heavy atom. The van der Waals surface area contributed by atoms with Crippen LogP contribution in [0.25, 0.3) is 0 Å². The van der Waals surface area contributed by atoms with Crippen LogP contribution in [0.2, 0.25) is 0 Å². The summed E-state index contributed by atoms with van der Waals surface area (Å²) < 4.78 is 10.7. The van der Waals surface area contributed by atoms with Crippen molar-refractivity contribution < 1.29 is 14.3 Å². The summed E-state index contributed by atoms with van der Waals surface area (Å²) in [6.07, 6.45) is 2.30. The topological polar surface area (TPSA) is 73.6 Å². The first-order valence-corrected chi connectivity index (χ1v) is 6.17. The molecule has 1 aliphatic heterocycles. The van der Waals surface area contributed by atoms with Crippen LogP contribution in [-0.2, 0) is 14.3 Å². The summed E-state index contributed by atoms with van der Waals surface area (Å²) in [6, 6.07) is 0. The van der Waals surface area contributed by atoms with Crippen LogP contribution >= 0.6 is 12.2 Å². The highest BCUT2D eigenvalue weighted by Gasteiger charge is 2.53. The van der Waals surface area contributed by atoms with Crippen LogP contribution in [0.1, 0.15) is 19.3 Å². The maximum Gasteiger partial charge on any atom is 0.233 e. The molecular weight excluding hydrogens is 240 g/mol. The van der Waals surface area contributed by atoms with Crippen LogP contribution in [0.15, 0.2) is 0 Å². The molecule has 96 valence electrons. The van der Waals surface area contributed by atoms with Crippen LogP contribution < -0.4 is 11.1 Å². The average Bonchev–Trinajstić information content (AvgIpc) is 3.01. The summed E-state index contributed by atoms with van der Waals surface area (Å²) in [5.41, 5.74) is 4.62. The van der Waals surface area contributed by atoms with Gasteiger partial charge >= 0.3 is 0 Å². The third kappa shape index (κ3) is 2.29. The molecule has 2 rings (SSSR count). The molecule has 1 aliphatic carbocycles. The summed E-state index contributed by atoms with van der Waals surface area (Å²) >= 11 is 4.94. The van der Waals surface area contributed by atoms with Crippen LogP contribution in [-0.4, -0.2) is 43.4 Å². The highest BCUT2D eigenvalue weighted by Crippen LogP contribution is 2.46. The number of carbonyl (C=O) groups excluding carboxylic acids is 1. The Morgan fingerprint density at radius 1 is 1.53 bits per heavy atom. The fraction of sp³-hybridized carbons (Fsp3) is 0.818. The zero-order valence-electron chi connectivity index (χ0n) is 9.95. The highest BCUT2D eigenvalue weighted by molar-refractivity contribution is 7.80. The van der Waals surface area contributed by atoms with E-state index < -0.39 is 5.41 Å². The molecule has 1 saturated heterocycles. The number of methoxy groups -OCH3 is 1. The summed E-state index contributed by atoms with van der Waals surface area (Å²) in [4.78, 5) is 12.3. The third-order valence-electron chi connectivity index (χ3n) is 3.73. The molecule has 6 heteroatoms. The fourth-order valence-corrected chi connectivity index (χ4v) is 2.38. The van der Waals surface area contributed by atoms with E-state index in [1.54, 1.807) is 7.11 Å². The molecular formula is C11H18N2O3S. The van der Waals surface area contributed by atoms with Crippen LogP contribution in [0.4, 0.5) is 0 Å². The second kappa shape index (κ2) is 4.51. The monoisotopic (exact) mass is 258 g/mol. The molecule has 2 fully saturated rings. The summed E-state index contributed by atoms with van der Waals surface area (Å²) in [6.45, 7) is 1.64. The van der Waals surface area contributed by atoms with Crippen molar-refractivity contribution in [3.63, 3.8) is 0 Å². The number of carbonyl (C=O) groups is 1. The van der Waals surface area contributed by atoms with Gasteiger partial charge in [0.25, 0.3) is 0 Å². The van der Waals surface area contributed by atoms with Gasteiger partial charge in [-0.1, -0.05) is 12.2 Å². The minimum absolute atomic E-state index is 0.0756. The standard InChI is InChI=1S/C11H18N2O3S/c1-15-10(4-5-16-7-10)6-13-9(14)11(2-3-11)8(12)17/h2-7H2,1H3,(H2,12,17)(H,13,14). The van der Waals surface area contributed by atoms with E-state index in [0.29, 0.717) is 24.7 Å². The lowest BCUT2D eigenvalue weighted by atomic mass is 10.0. The molecule has 1 atom stereocenters. The number of ether oxygens (including phenoxy) is 2. The van der Waals surface area contributed by atoms with Crippen molar-refractivity contribution in [1.29, 1.82) is 0 Å². The molecule has 1 heterocycles. The Morgan fingerprint density at radius 2 is 2.24 bits per heavy atom. The van der Waals surface area contributed by atoms with Gasteiger partial charge < -0.3 is 20.5 Å². The summed E-state index contributed by atoms with van der Waals surface area (Å²) in [7, 11) is 1.64. The second-order valence-corrected chi connectivity index (χ2v) is 5.26. The number of hydrogen-bond acceptors (Lipinski definition) is 4. The second-order valence-electron chi connectivity index (χ2n) is 4.82. The van der Waals surface area contributed by atoms with Gasteiger partial charge in [0.2, 0.25) is 5.91 Å². The summed E-state index contributed by atoms with van der Waals surface area (Å²) in [5, 5.41) is 2.89. The van der Waals surface area contributed by atoms with E-state index in [0.717, 1.165) is 19.3 Å². The van der Waals surface area contributed by atoms with E-state index in [4.69, 9.17) is 27.4 Å². The maximum absolute atomic E-state index is 12.0. The molecule has 17 heavy (non-hydrogen) atoms. The van der Waals surface area contributed by atoms with Gasteiger partial charge in [0, 0.05) is 26.7 Å². The van der Waals surface area contributed by atoms with Crippen molar-refractivity contribution in [3.8, 4) is 0 Å².